The maximum Gasteiger partial charge on any atom is 0.416 e. The van der Waals surface area contributed by atoms with Crippen molar-refractivity contribution in [1.29, 1.82) is 0 Å². The largest absolute Gasteiger partial charge is 0.444 e. The summed E-state index contributed by atoms with van der Waals surface area (Å²) in [5.41, 5.74) is -0.480. The monoisotopic (exact) mass is 410 g/mol. The van der Waals surface area contributed by atoms with E-state index < -0.39 is 17.6 Å². The molecular formula is C17H13F3N4O3S. The van der Waals surface area contributed by atoms with Crippen LogP contribution in [0.15, 0.2) is 34.9 Å². The summed E-state index contributed by atoms with van der Waals surface area (Å²) >= 11 is 1.22. The quantitative estimate of drug-likeness (QED) is 0.689. The molecule has 1 aliphatic heterocycles. The summed E-state index contributed by atoms with van der Waals surface area (Å²) in [6, 6.07) is 4.31. The summed E-state index contributed by atoms with van der Waals surface area (Å²) in [5, 5.41) is 11.5. The lowest BCUT2D eigenvalue weighted by Crippen LogP contribution is -2.12. The minimum atomic E-state index is -4.43. The molecule has 0 bridgehead atoms. The number of anilines is 1. The van der Waals surface area contributed by atoms with Crippen LogP contribution in [0, 0.1) is 0 Å². The van der Waals surface area contributed by atoms with Gasteiger partial charge in [-0.2, -0.15) is 13.2 Å². The molecule has 11 heteroatoms. The maximum atomic E-state index is 12.6. The van der Waals surface area contributed by atoms with Gasteiger partial charge in [-0.3, -0.25) is 10.1 Å². The number of hydrogen-bond acceptors (Lipinski definition) is 7. The Bertz CT molecular complexity index is 978. The third kappa shape index (κ3) is 3.90. The highest BCUT2D eigenvalue weighted by molar-refractivity contribution is 7.15. The van der Waals surface area contributed by atoms with Crippen LogP contribution < -0.4 is 5.32 Å². The van der Waals surface area contributed by atoms with Gasteiger partial charge >= 0.3 is 6.18 Å². The number of hydrogen-bond donors (Lipinski definition) is 1. The molecule has 0 spiro atoms. The summed E-state index contributed by atoms with van der Waals surface area (Å²) in [6.07, 6.45) is -1.57. The lowest BCUT2D eigenvalue weighted by molar-refractivity contribution is -0.137. The van der Waals surface area contributed by atoms with Crippen molar-refractivity contribution in [3.05, 3.63) is 46.8 Å². The topological polar surface area (TPSA) is 90.1 Å². The van der Waals surface area contributed by atoms with E-state index in [2.05, 4.69) is 20.5 Å². The van der Waals surface area contributed by atoms with Gasteiger partial charge in [0, 0.05) is 12.2 Å². The van der Waals surface area contributed by atoms with Crippen LogP contribution in [-0.2, 0) is 10.9 Å². The SMILES string of the molecule is O=C(Nc1nnc(C2CCCO2)s1)c1coc(-c2ccc(C(F)(F)F)cc2)n1. The minimum Gasteiger partial charge on any atom is -0.444 e. The van der Waals surface area contributed by atoms with Gasteiger partial charge in [-0.25, -0.2) is 4.98 Å². The molecule has 1 unspecified atom stereocenters. The van der Waals surface area contributed by atoms with Gasteiger partial charge in [0.05, 0.1) is 5.56 Å². The zero-order valence-electron chi connectivity index (χ0n) is 14.2. The number of ether oxygens (including phenoxy) is 1. The van der Waals surface area contributed by atoms with Crippen molar-refractivity contribution in [3.63, 3.8) is 0 Å². The van der Waals surface area contributed by atoms with E-state index in [9.17, 15) is 18.0 Å². The van der Waals surface area contributed by atoms with Crippen molar-refractivity contribution in [1.82, 2.24) is 15.2 Å². The molecule has 2 aromatic heterocycles. The molecule has 1 amide bonds. The minimum absolute atomic E-state index is 0.0243. The van der Waals surface area contributed by atoms with Gasteiger partial charge in [-0.15, -0.1) is 10.2 Å². The van der Waals surface area contributed by atoms with E-state index in [0.29, 0.717) is 22.3 Å². The second-order valence-electron chi connectivity index (χ2n) is 6.01. The highest BCUT2D eigenvalue weighted by atomic mass is 32.1. The fraction of sp³-hybridized carbons (Fsp3) is 0.294. The van der Waals surface area contributed by atoms with Crippen LogP contribution >= 0.6 is 11.3 Å². The van der Waals surface area contributed by atoms with Gasteiger partial charge < -0.3 is 9.15 Å². The standard InChI is InChI=1S/C17H13F3N4O3S/c18-17(19,20)10-5-3-9(4-6-10)14-21-11(8-27-14)13(25)22-16-24-23-15(28-16)12-2-1-7-26-12/h3-6,8,12H,1-2,7H2,(H,22,24,25). The lowest BCUT2D eigenvalue weighted by atomic mass is 10.1. The molecule has 0 radical (unpaired) electrons. The van der Waals surface area contributed by atoms with Gasteiger partial charge in [0.25, 0.3) is 5.91 Å². The van der Waals surface area contributed by atoms with E-state index in [-0.39, 0.29) is 17.7 Å². The second-order valence-corrected chi connectivity index (χ2v) is 7.02. The summed E-state index contributed by atoms with van der Waals surface area (Å²) in [4.78, 5) is 16.3. The smallest absolute Gasteiger partial charge is 0.416 e. The first-order chi connectivity index (χ1) is 13.4. The first kappa shape index (κ1) is 18.6. The Morgan fingerprint density at radius 2 is 2.00 bits per heavy atom. The van der Waals surface area contributed by atoms with E-state index in [4.69, 9.17) is 9.15 Å². The molecule has 7 nitrogen and oxygen atoms in total. The number of nitrogens with zero attached hydrogens (tertiary/aromatic N) is 3. The molecule has 1 aliphatic rings. The van der Waals surface area contributed by atoms with Crippen LogP contribution in [0.25, 0.3) is 11.5 Å². The van der Waals surface area contributed by atoms with Crippen LogP contribution in [0.5, 0.6) is 0 Å². The summed E-state index contributed by atoms with van der Waals surface area (Å²) in [7, 11) is 0. The van der Waals surface area contributed by atoms with Crippen molar-refractivity contribution >= 4 is 22.4 Å². The molecule has 1 saturated heterocycles. The van der Waals surface area contributed by atoms with Crippen LogP contribution in [0.3, 0.4) is 0 Å². The Hall–Kier alpha value is -2.79. The molecule has 3 aromatic rings. The molecular weight excluding hydrogens is 397 g/mol. The number of nitrogens with one attached hydrogen (secondary N) is 1. The van der Waals surface area contributed by atoms with Crippen molar-refractivity contribution in [2.75, 3.05) is 11.9 Å². The van der Waals surface area contributed by atoms with Crippen LogP contribution in [0.1, 0.15) is 40.0 Å². The average molecular weight is 410 g/mol. The van der Waals surface area contributed by atoms with Crippen molar-refractivity contribution < 1.29 is 27.1 Å². The van der Waals surface area contributed by atoms with Gasteiger partial charge in [0.15, 0.2) is 5.69 Å². The number of aromatic nitrogens is 3. The number of rotatable bonds is 4. The Labute approximate surface area is 160 Å². The maximum absolute atomic E-state index is 12.6. The third-order valence-electron chi connectivity index (χ3n) is 4.06. The third-order valence-corrected chi connectivity index (χ3v) is 4.99. The summed E-state index contributed by atoms with van der Waals surface area (Å²) in [5.74, 6) is -0.520. The molecule has 0 aliphatic carbocycles. The fourth-order valence-electron chi connectivity index (χ4n) is 2.66. The highest BCUT2D eigenvalue weighted by Gasteiger charge is 2.30. The Morgan fingerprint density at radius 1 is 1.21 bits per heavy atom. The van der Waals surface area contributed by atoms with Crippen LogP contribution in [0.4, 0.5) is 18.3 Å². The van der Waals surface area contributed by atoms with Gasteiger partial charge in [-0.05, 0) is 37.1 Å². The molecule has 0 saturated carbocycles. The first-order valence-electron chi connectivity index (χ1n) is 8.29. The predicted octanol–water partition coefficient (Wildman–Crippen LogP) is 4.32. The normalized spacial score (nSPS) is 17.0. The number of alkyl halides is 3. The Kier molecular flexibility index (Phi) is 4.85. The molecule has 1 aromatic carbocycles. The fourth-order valence-corrected chi connectivity index (χ4v) is 3.48. The van der Waals surface area contributed by atoms with E-state index in [1.54, 1.807) is 0 Å². The molecule has 1 atom stereocenters. The molecule has 28 heavy (non-hydrogen) atoms. The number of carbonyl (C=O) groups excluding carboxylic acids is 1. The zero-order chi connectivity index (χ0) is 19.7. The van der Waals surface area contributed by atoms with E-state index in [1.807, 2.05) is 0 Å². The Balaban J connectivity index is 1.44. The number of benzene rings is 1. The number of halogens is 3. The molecule has 1 fully saturated rings. The molecule has 146 valence electrons. The molecule has 1 N–H and O–H groups in total. The van der Waals surface area contributed by atoms with Crippen molar-refractivity contribution in [2.24, 2.45) is 0 Å². The molecule has 4 rings (SSSR count). The zero-order valence-corrected chi connectivity index (χ0v) is 15.0. The van der Waals surface area contributed by atoms with Crippen molar-refractivity contribution in [3.8, 4) is 11.5 Å². The van der Waals surface area contributed by atoms with Crippen LogP contribution in [-0.4, -0.2) is 27.7 Å². The average Bonchev–Trinajstić information content (AvgIpc) is 3.41. The Morgan fingerprint density at radius 3 is 2.68 bits per heavy atom. The predicted molar refractivity (Wildman–Crippen MR) is 92.7 cm³/mol. The van der Waals surface area contributed by atoms with Gasteiger partial charge in [0.1, 0.15) is 17.4 Å². The second kappa shape index (κ2) is 7.32. The van der Waals surface area contributed by atoms with E-state index >= 15 is 0 Å². The van der Waals surface area contributed by atoms with Crippen molar-refractivity contribution in [2.45, 2.75) is 25.1 Å². The van der Waals surface area contributed by atoms with E-state index in [0.717, 1.165) is 31.2 Å². The highest BCUT2D eigenvalue weighted by Crippen LogP contribution is 2.32. The number of oxazole rings is 1. The summed E-state index contributed by atoms with van der Waals surface area (Å²) < 4.78 is 48.6. The molecule has 3 heterocycles. The van der Waals surface area contributed by atoms with Gasteiger partial charge in [0.2, 0.25) is 11.0 Å². The number of carbonyl (C=O) groups is 1. The number of amides is 1. The van der Waals surface area contributed by atoms with Crippen LogP contribution in [0.2, 0.25) is 0 Å². The summed E-state index contributed by atoms with van der Waals surface area (Å²) in [6.45, 7) is 0.678. The van der Waals surface area contributed by atoms with E-state index in [1.165, 1.54) is 23.5 Å². The first-order valence-corrected chi connectivity index (χ1v) is 9.11. The lowest BCUT2D eigenvalue weighted by Gasteiger charge is -2.05. The van der Waals surface area contributed by atoms with Gasteiger partial charge in [-0.1, -0.05) is 11.3 Å².